The summed E-state index contributed by atoms with van der Waals surface area (Å²) in [6.45, 7) is 5.58. The normalized spacial score (nSPS) is 14.2. The van der Waals surface area contributed by atoms with Crippen molar-refractivity contribution in [2.24, 2.45) is 0 Å². The number of aryl methyl sites for hydroxylation is 1. The standard InChI is InChI=1S/C20H25N3O3/c1-15-4-6-18(25-3)17(12-15)14-22(2)20(24)16-5-7-19(21-13-16)23-8-10-26-11-9-23/h4-7,12-13H,8-11,14H2,1-3H3. The highest BCUT2D eigenvalue weighted by molar-refractivity contribution is 5.93. The van der Waals surface area contributed by atoms with Crippen LogP contribution < -0.4 is 9.64 Å². The summed E-state index contributed by atoms with van der Waals surface area (Å²) in [4.78, 5) is 21.0. The summed E-state index contributed by atoms with van der Waals surface area (Å²) in [5.41, 5.74) is 2.70. The minimum Gasteiger partial charge on any atom is -0.496 e. The van der Waals surface area contributed by atoms with Crippen LogP contribution in [0.4, 0.5) is 5.82 Å². The van der Waals surface area contributed by atoms with Crippen molar-refractivity contribution < 1.29 is 14.3 Å². The first-order valence-corrected chi connectivity index (χ1v) is 8.76. The van der Waals surface area contributed by atoms with E-state index in [0.29, 0.717) is 25.3 Å². The van der Waals surface area contributed by atoms with Crippen molar-refractivity contribution >= 4 is 11.7 Å². The highest BCUT2D eigenvalue weighted by atomic mass is 16.5. The molecule has 1 aromatic heterocycles. The van der Waals surface area contributed by atoms with E-state index in [9.17, 15) is 4.79 Å². The Morgan fingerprint density at radius 2 is 2.04 bits per heavy atom. The van der Waals surface area contributed by atoms with Crippen LogP contribution in [0.25, 0.3) is 0 Å². The lowest BCUT2D eigenvalue weighted by Crippen LogP contribution is -2.36. The first kappa shape index (κ1) is 18.2. The molecule has 6 nitrogen and oxygen atoms in total. The van der Waals surface area contributed by atoms with E-state index in [1.54, 1.807) is 25.3 Å². The van der Waals surface area contributed by atoms with Gasteiger partial charge in [-0.05, 0) is 25.1 Å². The minimum absolute atomic E-state index is 0.0606. The molecule has 2 aromatic rings. The average Bonchev–Trinajstić information content (AvgIpc) is 2.68. The molecule has 6 heteroatoms. The Balaban J connectivity index is 1.69. The average molecular weight is 355 g/mol. The topological polar surface area (TPSA) is 54.9 Å². The lowest BCUT2D eigenvalue weighted by molar-refractivity contribution is 0.0783. The number of pyridine rings is 1. The molecular weight excluding hydrogens is 330 g/mol. The number of ether oxygens (including phenoxy) is 2. The number of methoxy groups -OCH3 is 1. The van der Waals surface area contributed by atoms with Crippen LogP contribution in [0.2, 0.25) is 0 Å². The van der Waals surface area contributed by atoms with E-state index in [-0.39, 0.29) is 5.91 Å². The third-order valence-electron chi connectivity index (χ3n) is 4.52. The van der Waals surface area contributed by atoms with Gasteiger partial charge in [0.05, 0.1) is 25.9 Å². The predicted molar refractivity (Wildman–Crippen MR) is 101 cm³/mol. The van der Waals surface area contributed by atoms with Crippen LogP contribution in [0.5, 0.6) is 5.75 Å². The maximum Gasteiger partial charge on any atom is 0.255 e. The maximum absolute atomic E-state index is 12.7. The number of amides is 1. The van der Waals surface area contributed by atoms with Crippen molar-refractivity contribution in [3.63, 3.8) is 0 Å². The second-order valence-electron chi connectivity index (χ2n) is 6.48. The van der Waals surface area contributed by atoms with Crippen LogP contribution >= 0.6 is 0 Å². The number of aromatic nitrogens is 1. The van der Waals surface area contributed by atoms with Gasteiger partial charge in [-0.25, -0.2) is 4.98 Å². The number of morpholine rings is 1. The van der Waals surface area contributed by atoms with Crippen molar-refractivity contribution in [1.29, 1.82) is 0 Å². The molecule has 0 aliphatic carbocycles. The van der Waals surface area contributed by atoms with Gasteiger partial charge in [0.25, 0.3) is 5.91 Å². The Morgan fingerprint density at radius 3 is 2.69 bits per heavy atom. The largest absolute Gasteiger partial charge is 0.496 e. The highest BCUT2D eigenvalue weighted by Gasteiger charge is 2.17. The summed E-state index contributed by atoms with van der Waals surface area (Å²) in [5.74, 6) is 1.61. The quantitative estimate of drug-likeness (QED) is 0.825. The molecule has 0 unspecified atom stereocenters. The zero-order valence-electron chi connectivity index (χ0n) is 15.6. The van der Waals surface area contributed by atoms with Crippen molar-refractivity contribution in [2.45, 2.75) is 13.5 Å². The molecule has 0 spiro atoms. The molecule has 1 saturated heterocycles. The lowest BCUT2D eigenvalue weighted by Gasteiger charge is -2.27. The lowest BCUT2D eigenvalue weighted by atomic mass is 10.1. The van der Waals surface area contributed by atoms with Gasteiger partial charge in [-0.1, -0.05) is 17.7 Å². The molecule has 26 heavy (non-hydrogen) atoms. The monoisotopic (exact) mass is 355 g/mol. The molecule has 1 fully saturated rings. The van der Waals surface area contributed by atoms with Crippen LogP contribution in [0.3, 0.4) is 0 Å². The van der Waals surface area contributed by atoms with Gasteiger partial charge >= 0.3 is 0 Å². The third kappa shape index (κ3) is 4.14. The van der Waals surface area contributed by atoms with Crippen LogP contribution in [0.15, 0.2) is 36.5 Å². The van der Waals surface area contributed by atoms with Gasteiger partial charge in [-0.3, -0.25) is 4.79 Å². The molecule has 0 atom stereocenters. The number of carbonyl (C=O) groups excluding carboxylic acids is 1. The fraction of sp³-hybridized carbons (Fsp3) is 0.400. The predicted octanol–water partition coefficient (Wildman–Crippen LogP) is 2.51. The Bertz CT molecular complexity index is 755. The fourth-order valence-corrected chi connectivity index (χ4v) is 3.07. The molecule has 1 amide bonds. The molecule has 2 heterocycles. The number of carbonyl (C=O) groups is 1. The number of hydrogen-bond donors (Lipinski definition) is 0. The summed E-state index contributed by atoms with van der Waals surface area (Å²) in [5, 5.41) is 0. The van der Waals surface area contributed by atoms with Crippen molar-refractivity contribution in [1.82, 2.24) is 9.88 Å². The highest BCUT2D eigenvalue weighted by Crippen LogP contribution is 2.22. The Labute approximate surface area is 154 Å². The van der Waals surface area contributed by atoms with E-state index in [1.165, 1.54) is 0 Å². The Kier molecular flexibility index (Phi) is 5.73. The van der Waals surface area contributed by atoms with E-state index in [2.05, 4.69) is 9.88 Å². The SMILES string of the molecule is COc1ccc(C)cc1CN(C)C(=O)c1ccc(N2CCOCC2)nc1. The summed E-state index contributed by atoms with van der Waals surface area (Å²) in [6, 6.07) is 9.71. The number of anilines is 1. The zero-order chi connectivity index (χ0) is 18.5. The smallest absolute Gasteiger partial charge is 0.255 e. The van der Waals surface area contributed by atoms with E-state index in [1.807, 2.05) is 37.3 Å². The van der Waals surface area contributed by atoms with Gasteiger partial charge in [0.2, 0.25) is 0 Å². The minimum atomic E-state index is -0.0606. The summed E-state index contributed by atoms with van der Waals surface area (Å²) >= 11 is 0. The van der Waals surface area contributed by atoms with Crippen molar-refractivity contribution in [3.8, 4) is 5.75 Å². The van der Waals surface area contributed by atoms with E-state index in [4.69, 9.17) is 9.47 Å². The first-order chi connectivity index (χ1) is 12.6. The molecular formula is C20H25N3O3. The van der Waals surface area contributed by atoms with Crippen molar-refractivity contribution in [2.75, 3.05) is 45.4 Å². The van der Waals surface area contributed by atoms with Gasteiger partial charge in [-0.2, -0.15) is 0 Å². The summed E-state index contributed by atoms with van der Waals surface area (Å²) in [7, 11) is 3.43. The van der Waals surface area contributed by atoms with E-state index in [0.717, 1.165) is 35.8 Å². The zero-order valence-corrected chi connectivity index (χ0v) is 15.6. The number of rotatable bonds is 5. The van der Waals surface area contributed by atoms with E-state index < -0.39 is 0 Å². The molecule has 1 aliphatic rings. The number of hydrogen-bond acceptors (Lipinski definition) is 5. The van der Waals surface area contributed by atoms with Crippen LogP contribution in [0, 0.1) is 6.92 Å². The second-order valence-corrected chi connectivity index (χ2v) is 6.48. The molecule has 3 rings (SSSR count). The molecule has 0 N–H and O–H groups in total. The number of benzene rings is 1. The second kappa shape index (κ2) is 8.19. The van der Waals surface area contributed by atoms with Crippen molar-refractivity contribution in [3.05, 3.63) is 53.2 Å². The third-order valence-corrected chi connectivity index (χ3v) is 4.52. The fourth-order valence-electron chi connectivity index (χ4n) is 3.07. The van der Waals surface area contributed by atoms with Gasteiger partial charge < -0.3 is 19.3 Å². The first-order valence-electron chi connectivity index (χ1n) is 8.76. The Morgan fingerprint density at radius 1 is 1.27 bits per heavy atom. The molecule has 1 aromatic carbocycles. The summed E-state index contributed by atoms with van der Waals surface area (Å²) < 4.78 is 10.8. The van der Waals surface area contributed by atoms with Gasteiger partial charge in [-0.15, -0.1) is 0 Å². The van der Waals surface area contributed by atoms with Crippen LogP contribution in [-0.4, -0.2) is 56.3 Å². The molecule has 1 aliphatic heterocycles. The van der Waals surface area contributed by atoms with Crippen LogP contribution in [-0.2, 0) is 11.3 Å². The summed E-state index contributed by atoms with van der Waals surface area (Å²) in [6.07, 6.45) is 1.65. The Hall–Kier alpha value is -2.60. The number of nitrogens with zero attached hydrogens (tertiary/aromatic N) is 3. The van der Waals surface area contributed by atoms with Crippen LogP contribution in [0.1, 0.15) is 21.5 Å². The molecule has 138 valence electrons. The molecule has 0 saturated carbocycles. The maximum atomic E-state index is 12.7. The molecule has 0 radical (unpaired) electrons. The molecule has 0 bridgehead atoms. The van der Waals surface area contributed by atoms with Gasteiger partial charge in [0, 0.05) is 38.4 Å². The van der Waals surface area contributed by atoms with Gasteiger partial charge in [0.1, 0.15) is 11.6 Å². The van der Waals surface area contributed by atoms with Gasteiger partial charge in [0.15, 0.2) is 0 Å². The van der Waals surface area contributed by atoms with E-state index >= 15 is 0 Å².